The monoisotopic (exact) mass is 331 g/mol. The van der Waals surface area contributed by atoms with E-state index in [9.17, 15) is 0 Å². The number of aliphatic hydroxyl groups is 1. The van der Waals surface area contributed by atoms with Gasteiger partial charge in [0.15, 0.2) is 4.96 Å². The number of imidazole rings is 1. The Labute approximate surface area is 139 Å². The Morgan fingerprint density at radius 3 is 2.91 bits per heavy atom. The van der Waals surface area contributed by atoms with Crippen LogP contribution < -0.4 is 10.1 Å². The van der Waals surface area contributed by atoms with Crippen LogP contribution in [0.5, 0.6) is 5.75 Å². The largest absolute Gasteiger partial charge is 0.491 e. The lowest BCUT2D eigenvalue weighted by Gasteiger charge is -2.11. The third-order valence-electron chi connectivity index (χ3n) is 3.67. The van der Waals surface area contributed by atoms with E-state index < -0.39 is 0 Å². The summed E-state index contributed by atoms with van der Waals surface area (Å²) in [6.45, 7) is 5.93. The predicted octanol–water partition coefficient (Wildman–Crippen LogP) is 2.67. The molecule has 122 valence electrons. The summed E-state index contributed by atoms with van der Waals surface area (Å²) < 4.78 is 7.73. The van der Waals surface area contributed by atoms with Gasteiger partial charge in [0.2, 0.25) is 0 Å². The van der Waals surface area contributed by atoms with Crippen molar-refractivity contribution in [3.63, 3.8) is 0 Å². The summed E-state index contributed by atoms with van der Waals surface area (Å²) in [7, 11) is 0. The van der Waals surface area contributed by atoms with Gasteiger partial charge in [-0.3, -0.25) is 4.40 Å². The second-order valence-electron chi connectivity index (χ2n) is 5.42. The van der Waals surface area contributed by atoms with Crippen LogP contribution in [-0.4, -0.2) is 27.7 Å². The fourth-order valence-electron chi connectivity index (χ4n) is 2.58. The quantitative estimate of drug-likeness (QED) is 0.699. The van der Waals surface area contributed by atoms with Gasteiger partial charge in [-0.25, -0.2) is 4.98 Å². The topological polar surface area (TPSA) is 58.8 Å². The molecule has 0 unspecified atom stereocenters. The Balaban J connectivity index is 1.68. The fraction of sp³-hybridized carbons (Fsp3) is 0.353. The van der Waals surface area contributed by atoms with Crippen molar-refractivity contribution >= 4 is 16.3 Å². The van der Waals surface area contributed by atoms with Crippen LogP contribution in [0.2, 0.25) is 0 Å². The number of ether oxygens (including phenoxy) is 1. The minimum absolute atomic E-state index is 0.0201. The molecule has 0 amide bonds. The molecule has 2 heterocycles. The average molecular weight is 331 g/mol. The van der Waals surface area contributed by atoms with Crippen molar-refractivity contribution in [1.82, 2.24) is 14.7 Å². The highest BCUT2D eigenvalue weighted by Gasteiger charge is 2.11. The van der Waals surface area contributed by atoms with Crippen LogP contribution >= 0.6 is 11.3 Å². The lowest BCUT2D eigenvalue weighted by Crippen LogP contribution is -2.16. The molecule has 0 bridgehead atoms. The highest BCUT2D eigenvalue weighted by molar-refractivity contribution is 7.17. The molecule has 0 aliphatic rings. The summed E-state index contributed by atoms with van der Waals surface area (Å²) >= 11 is 1.71. The van der Waals surface area contributed by atoms with Crippen LogP contribution in [-0.2, 0) is 13.1 Å². The Hall–Kier alpha value is -1.89. The van der Waals surface area contributed by atoms with Gasteiger partial charge in [-0.05, 0) is 19.9 Å². The summed E-state index contributed by atoms with van der Waals surface area (Å²) in [4.78, 5) is 6.91. The minimum Gasteiger partial charge on any atom is -0.491 e. The standard InChI is InChI=1S/C17H21N3O2S/c1-12-11-20-15(13(2)19-17(20)23-12)10-18-9-14-5-3-4-6-16(14)22-8-7-21/h3-6,11,18,21H,7-10H2,1-2H3. The SMILES string of the molecule is Cc1cn2c(CNCc3ccccc3OCCO)c(C)nc2s1. The first kappa shape index (κ1) is 16.0. The number of thiazole rings is 1. The summed E-state index contributed by atoms with van der Waals surface area (Å²) in [5.74, 6) is 0.815. The lowest BCUT2D eigenvalue weighted by atomic mass is 10.2. The highest BCUT2D eigenvalue weighted by atomic mass is 32.1. The molecule has 5 nitrogen and oxygen atoms in total. The lowest BCUT2D eigenvalue weighted by molar-refractivity contribution is 0.200. The molecule has 2 aromatic heterocycles. The van der Waals surface area contributed by atoms with E-state index in [4.69, 9.17) is 9.84 Å². The van der Waals surface area contributed by atoms with Gasteiger partial charge in [0.05, 0.1) is 18.0 Å². The number of aromatic nitrogens is 2. The summed E-state index contributed by atoms with van der Waals surface area (Å²) in [6.07, 6.45) is 2.13. The summed E-state index contributed by atoms with van der Waals surface area (Å²) in [6, 6.07) is 7.90. The number of hydrogen-bond donors (Lipinski definition) is 2. The minimum atomic E-state index is 0.0201. The first-order valence-electron chi connectivity index (χ1n) is 7.65. The van der Waals surface area contributed by atoms with Crippen LogP contribution in [0.4, 0.5) is 0 Å². The van der Waals surface area contributed by atoms with Gasteiger partial charge in [-0.1, -0.05) is 18.2 Å². The van der Waals surface area contributed by atoms with Gasteiger partial charge in [0.25, 0.3) is 0 Å². The predicted molar refractivity (Wildman–Crippen MR) is 92.1 cm³/mol. The molecule has 1 aromatic carbocycles. The van der Waals surface area contributed by atoms with E-state index in [1.807, 2.05) is 31.2 Å². The Morgan fingerprint density at radius 1 is 1.26 bits per heavy atom. The third kappa shape index (κ3) is 3.55. The number of hydrogen-bond acceptors (Lipinski definition) is 5. The molecule has 3 aromatic rings. The van der Waals surface area contributed by atoms with E-state index in [-0.39, 0.29) is 6.61 Å². The van der Waals surface area contributed by atoms with Gasteiger partial charge in [-0.15, -0.1) is 11.3 Å². The van der Waals surface area contributed by atoms with Crippen molar-refractivity contribution in [3.8, 4) is 5.75 Å². The zero-order valence-corrected chi connectivity index (χ0v) is 14.2. The molecule has 6 heteroatoms. The fourth-order valence-corrected chi connectivity index (χ4v) is 3.47. The van der Waals surface area contributed by atoms with E-state index in [1.54, 1.807) is 11.3 Å². The van der Waals surface area contributed by atoms with Crippen molar-refractivity contribution < 1.29 is 9.84 Å². The molecule has 0 radical (unpaired) electrons. The van der Waals surface area contributed by atoms with Gasteiger partial charge in [0, 0.05) is 29.7 Å². The van der Waals surface area contributed by atoms with E-state index in [2.05, 4.69) is 27.8 Å². The second-order valence-corrected chi connectivity index (χ2v) is 6.63. The molecule has 0 saturated carbocycles. The maximum Gasteiger partial charge on any atom is 0.194 e. The van der Waals surface area contributed by atoms with Crippen molar-refractivity contribution in [2.75, 3.05) is 13.2 Å². The van der Waals surface area contributed by atoms with Crippen LogP contribution in [0.1, 0.15) is 21.8 Å². The first-order chi connectivity index (χ1) is 11.2. The van der Waals surface area contributed by atoms with Crippen molar-refractivity contribution in [2.24, 2.45) is 0 Å². The van der Waals surface area contributed by atoms with E-state index >= 15 is 0 Å². The molecular weight excluding hydrogens is 310 g/mol. The van der Waals surface area contributed by atoms with Crippen molar-refractivity contribution in [1.29, 1.82) is 0 Å². The molecular formula is C17H21N3O2S. The van der Waals surface area contributed by atoms with Crippen LogP contribution in [0.15, 0.2) is 30.5 Å². The van der Waals surface area contributed by atoms with E-state index in [0.29, 0.717) is 13.2 Å². The number of aliphatic hydroxyl groups excluding tert-OH is 1. The summed E-state index contributed by atoms with van der Waals surface area (Å²) in [5.41, 5.74) is 3.34. The number of nitrogens with one attached hydrogen (secondary N) is 1. The van der Waals surface area contributed by atoms with Crippen molar-refractivity contribution in [2.45, 2.75) is 26.9 Å². The zero-order valence-electron chi connectivity index (χ0n) is 13.4. The van der Waals surface area contributed by atoms with Crippen LogP contribution in [0.25, 0.3) is 4.96 Å². The van der Waals surface area contributed by atoms with Gasteiger partial charge < -0.3 is 15.2 Å². The maximum absolute atomic E-state index is 8.90. The molecule has 0 aliphatic heterocycles. The van der Waals surface area contributed by atoms with E-state index in [1.165, 1.54) is 10.6 Å². The number of para-hydroxylation sites is 1. The molecule has 0 spiro atoms. The molecule has 0 fully saturated rings. The smallest absolute Gasteiger partial charge is 0.194 e. The van der Waals surface area contributed by atoms with Gasteiger partial charge in [0.1, 0.15) is 12.4 Å². The summed E-state index contributed by atoms with van der Waals surface area (Å²) in [5, 5.41) is 12.4. The normalized spacial score (nSPS) is 11.3. The molecule has 23 heavy (non-hydrogen) atoms. The number of rotatable bonds is 7. The molecule has 3 rings (SSSR count). The van der Waals surface area contributed by atoms with Crippen LogP contribution in [0.3, 0.4) is 0 Å². The molecule has 0 saturated heterocycles. The zero-order chi connectivity index (χ0) is 16.2. The first-order valence-corrected chi connectivity index (χ1v) is 8.47. The van der Waals surface area contributed by atoms with Crippen molar-refractivity contribution in [3.05, 3.63) is 52.3 Å². The van der Waals surface area contributed by atoms with Gasteiger partial charge >= 0.3 is 0 Å². The number of benzene rings is 1. The molecule has 0 atom stereocenters. The second kappa shape index (κ2) is 7.12. The Kier molecular flexibility index (Phi) is 4.95. The maximum atomic E-state index is 8.90. The molecule has 2 N–H and O–H groups in total. The number of fused-ring (bicyclic) bond motifs is 1. The Morgan fingerprint density at radius 2 is 2.09 bits per heavy atom. The average Bonchev–Trinajstić information content (AvgIpc) is 3.02. The molecule has 0 aliphatic carbocycles. The Bertz CT molecular complexity index is 794. The number of nitrogens with zero attached hydrogens (tertiary/aromatic N) is 2. The van der Waals surface area contributed by atoms with Crippen LogP contribution in [0, 0.1) is 13.8 Å². The van der Waals surface area contributed by atoms with E-state index in [0.717, 1.165) is 28.5 Å². The highest BCUT2D eigenvalue weighted by Crippen LogP contribution is 2.21. The van der Waals surface area contributed by atoms with Gasteiger partial charge in [-0.2, -0.15) is 0 Å². The third-order valence-corrected chi connectivity index (χ3v) is 4.57. The number of aryl methyl sites for hydroxylation is 2.